The molecule has 13 heavy (non-hydrogen) atoms. The molecule has 0 aromatic carbocycles. The molecule has 0 saturated heterocycles. The van der Waals surface area contributed by atoms with Crippen molar-refractivity contribution in [3.05, 3.63) is 36.0 Å². The van der Waals surface area contributed by atoms with Crippen LogP contribution in [0.5, 0.6) is 0 Å². The quantitative estimate of drug-likeness (QED) is 0.466. The lowest BCUT2D eigenvalue weighted by Gasteiger charge is -1.95. The molecule has 0 aromatic heterocycles. The highest BCUT2D eigenvalue weighted by Crippen LogP contribution is 2.07. The van der Waals surface area contributed by atoms with E-state index in [1.165, 1.54) is 0 Å². The molecule has 0 spiro atoms. The fourth-order valence-electron chi connectivity index (χ4n) is 1.04. The molecule has 1 rings (SSSR count). The number of nitrogens with zero attached hydrogens (tertiary/aromatic N) is 1. The molecule has 0 unspecified atom stereocenters. The number of unbranched alkanes of at least 4 members (excludes halogenated alkanes) is 1. The van der Waals surface area contributed by atoms with Crippen LogP contribution in [0.1, 0.15) is 12.8 Å². The molecule has 2 nitrogen and oxygen atoms in total. The Morgan fingerprint density at radius 1 is 1.38 bits per heavy atom. The van der Waals surface area contributed by atoms with Crippen molar-refractivity contribution in [2.75, 3.05) is 7.11 Å². The van der Waals surface area contributed by atoms with Gasteiger partial charge in [0.05, 0.1) is 6.07 Å². The largest absolute Gasteiger partial charge is 0.343 e. The summed E-state index contributed by atoms with van der Waals surface area (Å²) in [6, 6.07) is 2.10. The van der Waals surface area contributed by atoms with E-state index in [2.05, 4.69) is 6.07 Å². The van der Waals surface area contributed by atoms with Crippen molar-refractivity contribution in [3.8, 4) is 6.07 Å². The predicted molar refractivity (Wildman–Crippen MR) is 52.1 cm³/mol. The number of hydrogen-bond donors (Lipinski definition) is 0. The molecule has 0 heterocycles. The maximum Gasteiger partial charge on any atom is 0.343 e. The molecule has 0 radical (unpaired) electrons. The molecular formula is C11H12NO+. The summed E-state index contributed by atoms with van der Waals surface area (Å²) in [5.74, 6) is 0.859. The molecule has 2 heteroatoms. The van der Waals surface area contributed by atoms with Crippen molar-refractivity contribution >= 4 is 5.78 Å². The third-order valence-corrected chi connectivity index (χ3v) is 1.75. The van der Waals surface area contributed by atoms with E-state index in [4.69, 9.17) is 9.69 Å². The second kappa shape index (κ2) is 5.10. The molecule has 0 saturated carbocycles. The highest BCUT2D eigenvalue weighted by molar-refractivity contribution is 6.01. The molecular weight excluding hydrogens is 162 g/mol. The Hall–Kier alpha value is -1.62. The standard InChI is InChI=1S/C11H12NO/c1-13-11-7-5-10(6-8-11)4-2-3-9-12/h4-8H,2-3H2,1H3/q+1. The third kappa shape index (κ3) is 3.08. The van der Waals surface area contributed by atoms with E-state index >= 15 is 0 Å². The molecule has 0 amide bonds. The highest BCUT2D eigenvalue weighted by Gasteiger charge is 2.04. The Morgan fingerprint density at radius 2 is 2.08 bits per heavy atom. The van der Waals surface area contributed by atoms with Crippen molar-refractivity contribution in [1.82, 2.24) is 0 Å². The number of allylic oxidation sites excluding steroid dienone is 6. The van der Waals surface area contributed by atoms with Gasteiger partial charge in [-0.1, -0.05) is 6.08 Å². The normalized spacial score (nSPS) is 14.2. The van der Waals surface area contributed by atoms with Crippen molar-refractivity contribution in [2.45, 2.75) is 12.8 Å². The molecule has 66 valence electrons. The Labute approximate surface area is 78.2 Å². The minimum atomic E-state index is 0.575. The van der Waals surface area contributed by atoms with Crippen molar-refractivity contribution in [3.63, 3.8) is 0 Å². The summed E-state index contributed by atoms with van der Waals surface area (Å²) in [7, 11) is 1.65. The van der Waals surface area contributed by atoms with Gasteiger partial charge in [-0.05, 0) is 24.1 Å². The first-order valence-corrected chi connectivity index (χ1v) is 4.21. The fourth-order valence-corrected chi connectivity index (χ4v) is 1.04. The third-order valence-electron chi connectivity index (χ3n) is 1.75. The number of rotatable bonds is 2. The lowest BCUT2D eigenvalue weighted by atomic mass is 10.1. The van der Waals surface area contributed by atoms with E-state index in [1.54, 1.807) is 7.11 Å². The summed E-state index contributed by atoms with van der Waals surface area (Å²) in [5, 5.41) is 8.34. The summed E-state index contributed by atoms with van der Waals surface area (Å²) >= 11 is 0. The monoisotopic (exact) mass is 174 g/mol. The van der Waals surface area contributed by atoms with Gasteiger partial charge in [0.2, 0.25) is 0 Å². The van der Waals surface area contributed by atoms with Crippen molar-refractivity contribution in [2.24, 2.45) is 0 Å². The van der Waals surface area contributed by atoms with E-state index < -0.39 is 0 Å². The van der Waals surface area contributed by atoms with Crippen LogP contribution < -0.4 is 0 Å². The maximum atomic E-state index is 8.34. The van der Waals surface area contributed by atoms with Crippen LogP contribution in [0.15, 0.2) is 36.0 Å². The van der Waals surface area contributed by atoms with Crippen LogP contribution in [0.2, 0.25) is 0 Å². The van der Waals surface area contributed by atoms with Crippen LogP contribution in [0.25, 0.3) is 0 Å². The van der Waals surface area contributed by atoms with Gasteiger partial charge < -0.3 is 0 Å². The summed E-state index contributed by atoms with van der Waals surface area (Å²) < 4.78 is 5.03. The Bertz CT molecular complexity index is 308. The molecule has 1 aliphatic rings. The Morgan fingerprint density at radius 3 is 2.62 bits per heavy atom. The molecule has 0 fully saturated rings. The Kier molecular flexibility index (Phi) is 3.72. The number of nitriles is 1. The predicted octanol–water partition coefficient (Wildman–Crippen LogP) is 2.08. The smallest absolute Gasteiger partial charge is 0.258 e. The van der Waals surface area contributed by atoms with Gasteiger partial charge in [0.25, 0.3) is 7.11 Å². The topological polar surface area (TPSA) is 35.1 Å². The van der Waals surface area contributed by atoms with Crippen molar-refractivity contribution in [1.29, 1.82) is 5.26 Å². The minimum absolute atomic E-state index is 0.575. The molecule has 0 N–H and O–H groups in total. The fraction of sp³-hybridized carbons (Fsp3) is 0.273. The second-order valence-electron chi connectivity index (χ2n) is 2.67. The van der Waals surface area contributed by atoms with Crippen LogP contribution >= 0.6 is 0 Å². The van der Waals surface area contributed by atoms with Gasteiger partial charge >= 0.3 is 5.78 Å². The zero-order valence-electron chi connectivity index (χ0n) is 7.66. The van der Waals surface area contributed by atoms with Gasteiger partial charge in [-0.3, -0.25) is 4.42 Å². The summed E-state index contributed by atoms with van der Waals surface area (Å²) in [4.78, 5) is 0. The van der Waals surface area contributed by atoms with Gasteiger partial charge in [0.1, 0.15) is 0 Å². The highest BCUT2D eigenvalue weighted by atomic mass is 16.4. The van der Waals surface area contributed by atoms with Crippen LogP contribution in [-0.2, 0) is 4.42 Å². The minimum Gasteiger partial charge on any atom is -0.258 e. The van der Waals surface area contributed by atoms with Gasteiger partial charge in [-0.2, -0.15) is 5.26 Å². The molecule has 0 aliphatic heterocycles. The van der Waals surface area contributed by atoms with Crippen molar-refractivity contribution < 1.29 is 4.42 Å². The zero-order valence-corrected chi connectivity index (χ0v) is 7.66. The molecule has 0 atom stereocenters. The molecule has 0 aromatic rings. The average molecular weight is 174 g/mol. The maximum absolute atomic E-state index is 8.34. The van der Waals surface area contributed by atoms with E-state index in [0.29, 0.717) is 6.42 Å². The Balaban J connectivity index is 2.54. The first-order valence-electron chi connectivity index (χ1n) is 4.21. The van der Waals surface area contributed by atoms with Crippen LogP contribution in [0.3, 0.4) is 0 Å². The zero-order chi connectivity index (χ0) is 9.52. The summed E-state index contributed by atoms with van der Waals surface area (Å²) in [5.41, 5.74) is 1.14. The van der Waals surface area contributed by atoms with E-state index in [9.17, 15) is 0 Å². The second-order valence-corrected chi connectivity index (χ2v) is 2.67. The number of hydrogen-bond acceptors (Lipinski definition) is 1. The molecule has 0 bridgehead atoms. The van der Waals surface area contributed by atoms with Crippen LogP contribution in [0, 0.1) is 11.3 Å². The van der Waals surface area contributed by atoms with Gasteiger partial charge in [0.15, 0.2) is 0 Å². The van der Waals surface area contributed by atoms with Crippen LogP contribution in [-0.4, -0.2) is 12.9 Å². The van der Waals surface area contributed by atoms with Gasteiger partial charge in [-0.15, -0.1) is 0 Å². The number of carbonyl (C=O) groups excluding carboxylic acids is 1. The molecule has 1 aliphatic carbocycles. The van der Waals surface area contributed by atoms with E-state index in [-0.39, 0.29) is 0 Å². The van der Waals surface area contributed by atoms with Crippen LogP contribution in [0.4, 0.5) is 0 Å². The van der Waals surface area contributed by atoms with E-state index in [1.807, 2.05) is 30.4 Å². The SMILES string of the molecule is C[O+]=C1C=CC(=CCCC#N)C=C1. The number of ketones is 1. The first kappa shape index (κ1) is 9.47. The van der Waals surface area contributed by atoms with Gasteiger partial charge in [-0.25, -0.2) is 0 Å². The average Bonchev–Trinajstić information content (AvgIpc) is 2.19. The first-order chi connectivity index (χ1) is 6.36. The lowest BCUT2D eigenvalue weighted by molar-refractivity contribution is -0.417. The summed E-state index contributed by atoms with van der Waals surface area (Å²) in [6.45, 7) is 0. The van der Waals surface area contributed by atoms with Gasteiger partial charge in [0, 0.05) is 18.6 Å². The lowest BCUT2D eigenvalue weighted by Crippen LogP contribution is -1.95. The van der Waals surface area contributed by atoms with E-state index in [0.717, 1.165) is 17.8 Å². The summed E-state index contributed by atoms with van der Waals surface area (Å²) in [6.07, 6.45) is 11.2.